The third kappa shape index (κ3) is 5.89. The molecule has 9 heteroatoms. The average Bonchev–Trinajstić information content (AvgIpc) is 3.15. The van der Waals surface area contributed by atoms with Gasteiger partial charge in [-0.05, 0) is 30.0 Å². The molecule has 0 radical (unpaired) electrons. The molecule has 3 rings (SSSR count). The zero-order valence-corrected chi connectivity index (χ0v) is 18.0. The molecule has 0 saturated heterocycles. The van der Waals surface area contributed by atoms with Crippen LogP contribution in [-0.2, 0) is 6.54 Å². The molecule has 162 valence electrons. The van der Waals surface area contributed by atoms with Crippen LogP contribution < -0.4 is 15.5 Å². The number of urea groups is 1. The Hall–Kier alpha value is -2.74. The Morgan fingerprint density at radius 1 is 1.13 bits per heavy atom. The van der Waals surface area contributed by atoms with E-state index in [2.05, 4.69) is 32.4 Å². The van der Waals surface area contributed by atoms with Gasteiger partial charge in [0, 0.05) is 26.2 Å². The number of aromatic amines is 1. The van der Waals surface area contributed by atoms with E-state index < -0.39 is 0 Å². The van der Waals surface area contributed by atoms with E-state index in [-0.39, 0.29) is 17.2 Å². The van der Waals surface area contributed by atoms with Gasteiger partial charge in [-0.1, -0.05) is 50.1 Å². The number of amides is 3. The van der Waals surface area contributed by atoms with Gasteiger partial charge in [-0.15, -0.1) is 0 Å². The minimum absolute atomic E-state index is 0.107. The molecule has 1 aromatic carbocycles. The number of carbonyl (C=O) groups is 2. The number of H-pyrrole nitrogens is 1. The lowest BCUT2D eigenvalue weighted by molar-refractivity contribution is 0.0733. The predicted octanol–water partition coefficient (Wildman–Crippen LogP) is 3.36. The van der Waals surface area contributed by atoms with Gasteiger partial charge in [0.15, 0.2) is 5.82 Å². The molecule has 1 aliphatic rings. The van der Waals surface area contributed by atoms with Crippen LogP contribution in [0.15, 0.2) is 30.3 Å². The Morgan fingerprint density at radius 2 is 1.90 bits per heavy atom. The van der Waals surface area contributed by atoms with Gasteiger partial charge in [0.25, 0.3) is 5.91 Å². The summed E-state index contributed by atoms with van der Waals surface area (Å²) in [6.45, 7) is 4.97. The highest BCUT2D eigenvalue weighted by molar-refractivity contribution is 6.28. The van der Waals surface area contributed by atoms with Crippen molar-refractivity contribution in [1.82, 2.24) is 25.5 Å². The maximum absolute atomic E-state index is 12.8. The third-order valence-corrected chi connectivity index (χ3v) is 5.19. The van der Waals surface area contributed by atoms with Crippen molar-refractivity contribution >= 4 is 29.4 Å². The Kier molecular flexibility index (Phi) is 7.96. The first-order valence-corrected chi connectivity index (χ1v) is 10.8. The topological polar surface area (TPSA) is 93.4 Å². The van der Waals surface area contributed by atoms with Crippen LogP contribution in [0.5, 0.6) is 0 Å². The van der Waals surface area contributed by atoms with E-state index in [1.165, 1.54) is 0 Å². The second-order valence-corrected chi connectivity index (χ2v) is 7.71. The summed E-state index contributed by atoms with van der Waals surface area (Å²) in [5, 5.41) is 5.90. The number of imidazole rings is 1. The smallest absolute Gasteiger partial charge is 0.315 e. The molecule has 30 heavy (non-hydrogen) atoms. The van der Waals surface area contributed by atoms with Crippen LogP contribution in [0.25, 0.3) is 0 Å². The van der Waals surface area contributed by atoms with Gasteiger partial charge in [-0.25, -0.2) is 4.79 Å². The largest absolute Gasteiger partial charge is 0.338 e. The van der Waals surface area contributed by atoms with Gasteiger partial charge >= 0.3 is 6.03 Å². The van der Waals surface area contributed by atoms with Crippen LogP contribution in [-0.4, -0.2) is 53.1 Å². The fourth-order valence-corrected chi connectivity index (χ4v) is 3.60. The van der Waals surface area contributed by atoms with E-state index in [1.807, 2.05) is 30.3 Å². The van der Waals surface area contributed by atoms with Gasteiger partial charge in [-0.2, -0.15) is 4.98 Å². The number of hydrogen-bond donors (Lipinski definition) is 3. The molecule has 0 unspecified atom stereocenters. The highest BCUT2D eigenvalue weighted by Crippen LogP contribution is 2.27. The molecular weight excluding hydrogens is 404 g/mol. The average molecular weight is 433 g/mol. The fraction of sp³-hybridized carbons (Fsp3) is 0.476. The Bertz CT molecular complexity index is 841. The van der Waals surface area contributed by atoms with Crippen LogP contribution in [0.1, 0.15) is 48.7 Å². The number of anilines is 1. The molecule has 1 aromatic heterocycles. The monoisotopic (exact) mass is 432 g/mol. The molecule has 3 N–H and O–H groups in total. The molecule has 0 aliphatic carbocycles. The maximum Gasteiger partial charge on any atom is 0.315 e. The SMILES string of the molecule is CCCCCN1CN(CCCNC(=O)NCc2ccccc2)C(=O)c2[nH]c(Cl)nc21. The number of carbonyl (C=O) groups excluding carboxylic acids is 2. The maximum atomic E-state index is 12.8. The summed E-state index contributed by atoms with van der Waals surface area (Å²) >= 11 is 6.01. The summed E-state index contributed by atoms with van der Waals surface area (Å²) in [7, 11) is 0. The lowest BCUT2D eigenvalue weighted by Crippen LogP contribution is -2.48. The third-order valence-electron chi connectivity index (χ3n) is 5.02. The summed E-state index contributed by atoms with van der Waals surface area (Å²) < 4.78 is 0. The summed E-state index contributed by atoms with van der Waals surface area (Å²) in [6, 6.07) is 9.53. The lowest BCUT2D eigenvalue weighted by atomic mass is 10.2. The molecule has 3 amide bonds. The van der Waals surface area contributed by atoms with Crippen molar-refractivity contribution in [3.05, 3.63) is 46.9 Å². The first kappa shape index (κ1) is 22.0. The molecule has 1 aliphatic heterocycles. The molecule has 0 atom stereocenters. The van der Waals surface area contributed by atoms with E-state index >= 15 is 0 Å². The second-order valence-electron chi connectivity index (χ2n) is 7.36. The van der Waals surface area contributed by atoms with Gasteiger partial charge in [0.05, 0.1) is 6.67 Å². The van der Waals surface area contributed by atoms with Crippen molar-refractivity contribution in [2.75, 3.05) is 31.2 Å². The van der Waals surface area contributed by atoms with Crippen molar-refractivity contribution in [3.63, 3.8) is 0 Å². The molecular formula is C21H29ClN6O2. The highest BCUT2D eigenvalue weighted by atomic mass is 35.5. The molecule has 0 fully saturated rings. The van der Waals surface area contributed by atoms with Crippen LogP contribution in [0, 0.1) is 0 Å². The van der Waals surface area contributed by atoms with E-state index in [9.17, 15) is 9.59 Å². The van der Waals surface area contributed by atoms with Crippen LogP contribution in [0.2, 0.25) is 5.28 Å². The normalized spacial score (nSPS) is 13.3. The Balaban J connectivity index is 1.45. The van der Waals surface area contributed by atoms with Gasteiger partial charge in [0.2, 0.25) is 5.28 Å². The number of halogens is 1. The van der Waals surface area contributed by atoms with Crippen LogP contribution in [0.4, 0.5) is 10.6 Å². The van der Waals surface area contributed by atoms with Gasteiger partial charge < -0.3 is 25.4 Å². The lowest BCUT2D eigenvalue weighted by Gasteiger charge is -2.35. The van der Waals surface area contributed by atoms with Gasteiger partial charge in [0.1, 0.15) is 5.69 Å². The fourth-order valence-electron chi connectivity index (χ4n) is 3.42. The molecule has 2 heterocycles. The zero-order chi connectivity index (χ0) is 21.3. The van der Waals surface area contributed by atoms with Crippen LogP contribution >= 0.6 is 11.6 Å². The predicted molar refractivity (Wildman–Crippen MR) is 118 cm³/mol. The quantitative estimate of drug-likeness (QED) is 0.502. The molecule has 2 aromatic rings. The number of fused-ring (bicyclic) bond motifs is 1. The minimum Gasteiger partial charge on any atom is -0.338 e. The van der Waals surface area contributed by atoms with E-state index in [4.69, 9.17) is 11.6 Å². The number of aromatic nitrogens is 2. The van der Waals surface area contributed by atoms with Crippen molar-refractivity contribution < 1.29 is 9.59 Å². The number of nitrogens with one attached hydrogen (secondary N) is 3. The molecule has 0 saturated carbocycles. The van der Waals surface area contributed by atoms with E-state index in [0.717, 1.165) is 31.4 Å². The Morgan fingerprint density at radius 3 is 2.67 bits per heavy atom. The zero-order valence-electron chi connectivity index (χ0n) is 17.3. The standard InChI is InChI=1S/C21H29ClN6O2/c1-2-3-7-12-27-15-28(19(29)17-18(27)26-20(22)25-17)13-8-11-23-21(30)24-14-16-9-5-4-6-10-16/h4-6,9-10H,2-3,7-8,11-15H2,1H3,(H,25,26)(H2,23,24,30). The number of unbranched alkanes of at least 4 members (excludes halogenated alkanes) is 2. The van der Waals surface area contributed by atoms with Gasteiger partial charge in [-0.3, -0.25) is 4.79 Å². The number of rotatable bonds is 10. The summed E-state index contributed by atoms with van der Waals surface area (Å²) in [4.78, 5) is 35.7. The summed E-state index contributed by atoms with van der Waals surface area (Å²) in [5.74, 6) is 0.528. The molecule has 0 bridgehead atoms. The van der Waals surface area contributed by atoms with Crippen molar-refractivity contribution in [2.24, 2.45) is 0 Å². The number of hydrogen-bond acceptors (Lipinski definition) is 4. The first-order chi connectivity index (χ1) is 14.6. The van der Waals surface area contributed by atoms with Crippen molar-refractivity contribution in [3.8, 4) is 0 Å². The van der Waals surface area contributed by atoms with Crippen molar-refractivity contribution in [1.29, 1.82) is 0 Å². The number of nitrogens with zero attached hydrogens (tertiary/aromatic N) is 3. The Labute approximate surface area is 182 Å². The first-order valence-electron chi connectivity index (χ1n) is 10.4. The van der Waals surface area contributed by atoms with Crippen LogP contribution in [0.3, 0.4) is 0 Å². The second kappa shape index (κ2) is 10.9. The van der Waals surface area contributed by atoms with E-state index in [0.29, 0.717) is 44.2 Å². The summed E-state index contributed by atoms with van der Waals surface area (Å²) in [5.41, 5.74) is 1.49. The van der Waals surface area contributed by atoms with Crippen molar-refractivity contribution in [2.45, 2.75) is 39.2 Å². The molecule has 0 spiro atoms. The summed E-state index contributed by atoms with van der Waals surface area (Å²) in [6.07, 6.45) is 3.94. The minimum atomic E-state index is -0.215. The highest BCUT2D eigenvalue weighted by Gasteiger charge is 2.32. The number of benzene rings is 1. The van der Waals surface area contributed by atoms with E-state index in [1.54, 1.807) is 4.90 Å². The molecule has 8 nitrogen and oxygen atoms in total.